The summed E-state index contributed by atoms with van der Waals surface area (Å²) in [7, 11) is -0.631. The topological polar surface area (TPSA) is 38.3 Å². The van der Waals surface area contributed by atoms with Gasteiger partial charge in [0.1, 0.15) is 6.23 Å². The SMILES string of the molecule is CS(=O)C1CCC(C2CCCC(OCC3CCCS3)N2)CC1. The predicted molar refractivity (Wildman–Crippen MR) is 95.8 cm³/mol. The largest absolute Gasteiger partial charge is 0.362 e. The molecular formula is C17H31NO2S2. The standard InChI is InChI=1S/C17H31NO2S2/c1-22(19)15-9-7-13(8-10-15)16-5-2-6-17(18-16)20-12-14-4-3-11-21-14/h13-18H,2-12H2,1H3. The van der Waals surface area contributed by atoms with Crippen molar-refractivity contribution in [2.24, 2.45) is 5.92 Å². The van der Waals surface area contributed by atoms with E-state index >= 15 is 0 Å². The van der Waals surface area contributed by atoms with E-state index in [1.54, 1.807) is 0 Å². The van der Waals surface area contributed by atoms with E-state index in [-0.39, 0.29) is 6.23 Å². The van der Waals surface area contributed by atoms with Crippen LogP contribution in [-0.2, 0) is 15.5 Å². The van der Waals surface area contributed by atoms with Crippen molar-refractivity contribution in [2.75, 3.05) is 18.6 Å². The summed E-state index contributed by atoms with van der Waals surface area (Å²) in [5.41, 5.74) is 0. The molecule has 4 unspecified atom stereocenters. The fraction of sp³-hybridized carbons (Fsp3) is 1.00. The van der Waals surface area contributed by atoms with Crippen LogP contribution in [0.1, 0.15) is 57.8 Å². The molecule has 1 aliphatic carbocycles. The van der Waals surface area contributed by atoms with Gasteiger partial charge in [-0.05, 0) is 69.5 Å². The van der Waals surface area contributed by atoms with Crippen LogP contribution >= 0.6 is 11.8 Å². The van der Waals surface area contributed by atoms with Gasteiger partial charge in [0.15, 0.2) is 0 Å². The molecule has 2 heterocycles. The summed E-state index contributed by atoms with van der Waals surface area (Å²) < 4.78 is 17.8. The second-order valence-corrected chi connectivity index (χ2v) is 10.3. The average Bonchev–Trinajstić information content (AvgIpc) is 3.07. The number of piperidine rings is 1. The van der Waals surface area contributed by atoms with Crippen LogP contribution in [0.2, 0.25) is 0 Å². The lowest BCUT2D eigenvalue weighted by Gasteiger charge is -2.39. The number of ether oxygens (including phenoxy) is 1. The van der Waals surface area contributed by atoms with E-state index in [4.69, 9.17) is 4.74 Å². The van der Waals surface area contributed by atoms with Crippen LogP contribution in [0.4, 0.5) is 0 Å². The van der Waals surface area contributed by atoms with Crippen molar-refractivity contribution in [3.63, 3.8) is 0 Å². The highest BCUT2D eigenvalue weighted by atomic mass is 32.2. The molecule has 0 radical (unpaired) electrons. The molecule has 0 aromatic carbocycles. The van der Waals surface area contributed by atoms with E-state index in [1.165, 1.54) is 50.7 Å². The van der Waals surface area contributed by atoms with Gasteiger partial charge in [-0.3, -0.25) is 9.53 Å². The molecule has 4 atom stereocenters. The first kappa shape index (κ1) is 17.2. The van der Waals surface area contributed by atoms with E-state index in [1.807, 2.05) is 6.26 Å². The van der Waals surface area contributed by atoms with Gasteiger partial charge in [0, 0.05) is 33.6 Å². The Kier molecular flexibility index (Phi) is 6.66. The van der Waals surface area contributed by atoms with Gasteiger partial charge in [0.05, 0.1) is 6.61 Å². The van der Waals surface area contributed by atoms with E-state index in [0.717, 1.165) is 30.6 Å². The highest BCUT2D eigenvalue weighted by Crippen LogP contribution is 2.33. The Morgan fingerprint density at radius 3 is 2.59 bits per heavy atom. The smallest absolute Gasteiger partial charge is 0.108 e. The van der Waals surface area contributed by atoms with Crippen LogP contribution in [0.5, 0.6) is 0 Å². The Morgan fingerprint density at radius 2 is 1.91 bits per heavy atom. The molecule has 0 bridgehead atoms. The molecule has 1 N–H and O–H groups in total. The maximum absolute atomic E-state index is 11.6. The lowest BCUT2D eigenvalue weighted by molar-refractivity contribution is -0.00958. The second-order valence-electron chi connectivity index (χ2n) is 7.20. The number of hydrogen-bond acceptors (Lipinski definition) is 4. The van der Waals surface area contributed by atoms with Crippen LogP contribution in [0.25, 0.3) is 0 Å². The quantitative estimate of drug-likeness (QED) is 0.830. The van der Waals surface area contributed by atoms with Crippen LogP contribution in [0.15, 0.2) is 0 Å². The summed E-state index contributed by atoms with van der Waals surface area (Å²) in [5, 5.41) is 4.97. The number of nitrogens with one attached hydrogen (secondary N) is 1. The zero-order valence-electron chi connectivity index (χ0n) is 13.8. The van der Waals surface area contributed by atoms with Crippen molar-refractivity contribution in [1.82, 2.24) is 5.32 Å². The monoisotopic (exact) mass is 345 g/mol. The van der Waals surface area contributed by atoms with E-state index in [2.05, 4.69) is 17.1 Å². The van der Waals surface area contributed by atoms with Crippen molar-refractivity contribution in [1.29, 1.82) is 0 Å². The Balaban J connectivity index is 1.41. The molecule has 22 heavy (non-hydrogen) atoms. The summed E-state index contributed by atoms with van der Waals surface area (Å²) in [6, 6.07) is 0.626. The zero-order chi connectivity index (χ0) is 15.4. The number of thioether (sulfide) groups is 1. The molecular weight excluding hydrogens is 314 g/mol. The lowest BCUT2D eigenvalue weighted by atomic mass is 9.80. The molecule has 0 amide bonds. The summed E-state index contributed by atoms with van der Waals surface area (Å²) in [6.45, 7) is 0.927. The van der Waals surface area contributed by atoms with E-state index in [0.29, 0.717) is 11.3 Å². The van der Waals surface area contributed by atoms with Gasteiger partial charge in [-0.25, -0.2) is 0 Å². The first-order chi connectivity index (χ1) is 10.7. The molecule has 2 saturated heterocycles. The molecule has 128 valence electrons. The molecule has 5 heteroatoms. The van der Waals surface area contributed by atoms with Gasteiger partial charge in [-0.1, -0.05) is 0 Å². The van der Waals surface area contributed by atoms with Gasteiger partial charge in [0.2, 0.25) is 0 Å². The molecule has 1 saturated carbocycles. The Hall–Kier alpha value is 0.420. The van der Waals surface area contributed by atoms with Crippen molar-refractivity contribution in [3.8, 4) is 0 Å². The van der Waals surface area contributed by atoms with Gasteiger partial charge in [0.25, 0.3) is 0 Å². The summed E-state index contributed by atoms with van der Waals surface area (Å²) in [5.74, 6) is 2.09. The third-order valence-corrected chi connectivity index (χ3v) is 8.42. The minimum Gasteiger partial charge on any atom is -0.362 e. The van der Waals surface area contributed by atoms with Gasteiger partial charge in [-0.15, -0.1) is 0 Å². The number of hydrogen-bond donors (Lipinski definition) is 1. The van der Waals surface area contributed by atoms with Gasteiger partial charge >= 0.3 is 0 Å². The summed E-state index contributed by atoms with van der Waals surface area (Å²) in [6.07, 6.45) is 13.4. The van der Waals surface area contributed by atoms with Crippen molar-refractivity contribution < 1.29 is 8.95 Å². The third-order valence-electron chi connectivity index (χ3n) is 5.65. The highest BCUT2D eigenvalue weighted by molar-refractivity contribution is 8.00. The molecule has 3 nitrogen and oxygen atoms in total. The lowest BCUT2D eigenvalue weighted by Crippen LogP contribution is -2.49. The summed E-state index contributed by atoms with van der Waals surface area (Å²) in [4.78, 5) is 0. The molecule has 0 spiro atoms. The average molecular weight is 346 g/mol. The fourth-order valence-corrected chi connectivity index (χ4v) is 6.36. The molecule has 3 aliphatic rings. The van der Waals surface area contributed by atoms with Crippen LogP contribution in [-0.4, -0.2) is 45.6 Å². The van der Waals surface area contributed by atoms with Crippen molar-refractivity contribution in [3.05, 3.63) is 0 Å². The molecule has 3 rings (SSSR count). The van der Waals surface area contributed by atoms with E-state index < -0.39 is 10.8 Å². The third kappa shape index (κ3) is 4.71. The first-order valence-corrected chi connectivity index (χ1v) is 11.7. The van der Waals surface area contributed by atoms with Crippen molar-refractivity contribution in [2.45, 2.75) is 80.6 Å². The highest BCUT2D eigenvalue weighted by Gasteiger charge is 2.32. The Bertz CT molecular complexity index is 366. The second kappa shape index (κ2) is 8.50. The van der Waals surface area contributed by atoms with Crippen LogP contribution < -0.4 is 5.32 Å². The minimum atomic E-state index is -0.631. The molecule has 2 aliphatic heterocycles. The maximum Gasteiger partial charge on any atom is 0.108 e. The van der Waals surface area contributed by atoms with Crippen molar-refractivity contribution >= 4 is 22.6 Å². The Morgan fingerprint density at radius 1 is 1.09 bits per heavy atom. The van der Waals surface area contributed by atoms with E-state index in [9.17, 15) is 4.21 Å². The van der Waals surface area contributed by atoms with Gasteiger partial charge < -0.3 is 4.74 Å². The van der Waals surface area contributed by atoms with Crippen LogP contribution in [0, 0.1) is 5.92 Å². The molecule has 0 aromatic heterocycles. The first-order valence-electron chi connectivity index (χ1n) is 9.04. The zero-order valence-corrected chi connectivity index (χ0v) is 15.4. The fourth-order valence-electron chi connectivity index (χ4n) is 4.25. The number of rotatable bonds is 5. The maximum atomic E-state index is 11.6. The summed E-state index contributed by atoms with van der Waals surface area (Å²) >= 11 is 2.08. The molecule has 0 aromatic rings. The van der Waals surface area contributed by atoms with Crippen LogP contribution in [0.3, 0.4) is 0 Å². The normalized spacial score (nSPS) is 41.4. The van der Waals surface area contributed by atoms with Gasteiger partial charge in [-0.2, -0.15) is 11.8 Å². The minimum absolute atomic E-state index is 0.276. The Labute approximate surface area is 142 Å². The molecule has 3 fully saturated rings. The predicted octanol–water partition coefficient (Wildman–Crippen LogP) is 3.30.